The predicted molar refractivity (Wildman–Crippen MR) is 87.3 cm³/mol. The van der Waals surface area contributed by atoms with E-state index in [1.165, 1.54) is 19.3 Å². The summed E-state index contributed by atoms with van der Waals surface area (Å²) in [4.78, 5) is 14.2. The summed E-state index contributed by atoms with van der Waals surface area (Å²) >= 11 is 6.15. The second-order valence-corrected chi connectivity index (χ2v) is 6.61. The lowest BCUT2D eigenvalue weighted by Crippen LogP contribution is -2.44. The molecule has 0 spiro atoms. The van der Waals surface area contributed by atoms with Crippen molar-refractivity contribution in [2.24, 2.45) is 5.92 Å². The van der Waals surface area contributed by atoms with E-state index in [0.29, 0.717) is 25.0 Å². The van der Waals surface area contributed by atoms with Crippen molar-refractivity contribution in [2.75, 3.05) is 13.6 Å². The number of carbonyl (C=O) groups is 1. The summed E-state index contributed by atoms with van der Waals surface area (Å²) in [6, 6.07) is 8.12. The summed E-state index contributed by atoms with van der Waals surface area (Å²) in [7, 11) is 1.95. The van der Waals surface area contributed by atoms with E-state index in [-0.39, 0.29) is 5.91 Å². The van der Waals surface area contributed by atoms with Gasteiger partial charge in [0.2, 0.25) is 5.91 Å². The molecule has 2 atom stereocenters. The fourth-order valence-electron chi connectivity index (χ4n) is 3.00. The SMILES string of the molecule is C[C@@H]1CCCC[C@@H]1NC(=O)CN(C)Cc1ccccc1Cl. The molecular formula is C17H25ClN2O. The normalized spacial score (nSPS) is 22.3. The molecule has 0 aromatic heterocycles. The van der Waals surface area contributed by atoms with Gasteiger partial charge in [-0.05, 0) is 37.4 Å². The molecule has 0 heterocycles. The Morgan fingerprint density at radius 2 is 2.05 bits per heavy atom. The topological polar surface area (TPSA) is 32.3 Å². The minimum Gasteiger partial charge on any atom is -0.352 e. The van der Waals surface area contributed by atoms with Crippen LogP contribution in [-0.4, -0.2) is 30.4 Å². The van der Waals surface area contributed by atoms with Crippen LogP contribution in [0.4, 0.5) is 0 Å². The van der Waals surface area contributed by atoms with Crippen molar-refractivity contribution in [2.45, 2.75) is 45.2 Å². The molecule has 21 heavy (non-hydrogen) atoms. The van der Waals surface area contributed by atoms with Crippen LogP contribution >= 0.6 is 11.6 Å². The first-order chi connectivity index (χ1) is 10.1. The number of nitrogens with zero attached hydrogens (tertiary/aromatic N) is 1. The van der Waals surface area contributed by atoms with Crippen molar-refractivity contribution in [1.82, 2.24) is 10.2 Å². The van der Waals surface area contributed by atoms with Crippen LogP contribution in [0.25, 0.3) is 0 Å². The fraction of sp³-hybridized carbons (Fsp3) is 0.588. The molecule has 0 bridgehead atoms. The van der Waals surface area contributed by atoms with Crippen molar-refractivity contribution in [3.05, 3.63) is 34.9 Å². The molecule has 0 saturated heterocycles. The van der Waals surface area contributed by atoms with Crippen LogP contribution < -0.4 is 5.32 Å². The summed E-state index contributed by atoms with van der Waals surface area (Å²) in [6.45, 7) is 3.33. The Labute approximate surface area is 132 Å². The standard InChI is InChI=1S/C17H25ClN2O/c1-13-7-3-6-10-16(13)19-17(21)12-20(2)11-14-8-4-5-9-15(14)18/h4-5,8-9,13,16H,3,6-7,10-12H2,1-2H3,(H,19,21)/t13-,16+/m1/s1. The molecule has 4 heteroatoms. The number of rotatable bonds is 5. The summed E-state index contributed by atoms with van der Waals surface area (Å²) < 4.78 is 0. The molecule has 0 unspecified atom stereocenters. The van der Waals surface area contributed by atoms with E-state index in [9.17, 15) is 4.79 Å². The molecular weight excluding hydrogens is 284 g/mol. The van der Waals surface area contributed by atoms with Crippen LogP contribution in [0.2, 0.25) is 5.02 Å². The first-order valence-electron chi connectivity index (χ1n) is 7.77. The molecule has 0 radical (unpaired) electrons. The van der Waals surface area contributed by atoms with Gasteiger partial charge < -0.3 is 5.32 Å². The Bertz CT molecular complexity index is 478. The van der Waals surface area contributed by atoms with Crippen LogP contribution in [0.1, 0.15) is 38.2 Å². The number of hydrogen-bond acceptors (Lipinski definition) is 2. The maximum Gasteiger partial charge on any atom is 0.234 e. The molecule has 3 nitrogen and oxygen atoms in total. The molecule has 2 rings (SSSR count). The van der Waals surface area contributed by atoms with Gasteiger partial charge in [-0.2, -0.15) is 0 Å². The number of hydrogen-bond donors (Lipinski definition) is 1. The van der Waals surface area contributed by atoms with Crippen molar-refractivity contribution in [3.63, 3.8) is 0 Å². The highest BCUT2D eigenvalue weighted by Crippen LogP contribution is 2.23. The molecule has 1 aliphatic carbocycles. The van der Waals surface area contributed by atoms with Gasteiger partial charge >= 0.3 is 0 Å². The number of amides is 1. The van der Waals surface area contributed by atoms with E-state index in [0.717, 1.165) is 17.0 Å². The van der Waals surface area contributed by atoms with Gasteiger partial charge in [0.05, 0.1) is 6.54 Å². The van der Waals surface area contributed by atoms with Crippen LogP contribution in [0.15, 0.2) is 24.3 Å². The second-order valence-electron chi connectivity index (χ2n) is 6.20. The highest BCUT2D eigenvalue weighted by molar-refractivity contribution is 6.31. The molecule has 1 amide bonds. The predicted octanol–water partition coefficient (Wildman–Crippen LogP) is 3.47. The van der Waals surface area contributed by atoms with Crippen LogP contribution in [0, 0.1) is 5.92 Å². The fourth-order valence-corrected chi connectivity index (χ4v) is 3.20. The average molecular weight is 309 g/mol. The van der Waals surface area contributed by atoms with E-state index in [4.69, 9.17) is 11.6 Å². The lowest BCUT2D eigenvalue weighted by molar-refractivity contribution is -0.123. The second kappa shape index (κ2) is 7.81. The molecule has 1 aliphatic rings. The van der Waals surface area contributed by atoms with Gasteiger partial charge in [0.25, 0.3) is 0 Å². The Morgan fingerprint density at radius 1 is 1.33 bits per heavy atom. The van der Waals surface area contributed by atoms with Crippen LogP contribution in [-0.2, 0) is 11.3 Å². The van der Waals surface area contributed by atoms with Crippen LogP contribution in [0.5, 0.6) is 0 Å². The monoisotopic (exact) mass is 308 g/mol. The van der Waals surface area contributed by atoms with Crippen LogP contribution in [0.3, 0.4) is 0 Å². The molecule has 0 aliphatic heterocycles. The van der Waals surface area contributed by atoms with Crippen molar-refractivity contribution in [3.8, 4) is 0 Å². The third-order valence-corrected chi connectivity index (χ3v) is 4.64. The minimum atomic E-state index is 0.114. The number of nitrogens with one attached hydrogen (secondary N) is 1. The van der Waals surface area contributed by atoms with Gasteiger partial charge in [0, 0.05) is 17.6 Å². The number of benzene rings is 1. The summed E-state index contributed by atoms with van der Waals surface area (Å²) in [6.07, 6.45) is 4.85. The molecule has 1 aromatic rings. The smallest absolute Gasteiger partial charge is 0.234 e. The van der Waals surface area contributed by atoms with E-state index >= 15 is 0 Å². The molecule has 1 fully saturated rings. The summed E-state index contributed by atoms with van der Waals surface area (Å²) in [5.74, 6) is 0.708. The lowest BCUT2D eigenvalue weighted by Gasteiger charge is -2.30. The first kappa shape index (κ1) is 16.3. The maximum absolute atomic E-state index is 12.2. The first-order valence-corrected chi connectivity index (χ1v) is 8.15. The van der Waals surface area contributed by atoms with E-state index in [1.807, 2.05) is 36.2 Å². The largest absolute Gasteiger partial charge is 0.352 e. The van der Waals surface area contributed by atoms with E-state index in [2.05, 4.69) is 12.2 Å². The average Bonchev–Trinajstić information content (AvgIpc) is 2.44. The summed E-state index contributed by atoms with van der Waals surface area (Å²) in [5.41, 5.74) is 1.06. The van der Waals surface area contributed by atoms with Gasteiger partial charge in [-0.3, -0.25) is 9.69 Å². The lowest BCUT2D eigenvalue weighted by atomic mass is 9.86. The maximum atomic E-state index is 12.2. The number of carbonyl (C=O) groups excluding carboxylic acids is 1. The third kappa shape index (κ3) is 5.01. The number of halogens is 1. The Hall–Kier alpha value is -1.06. The number of likely N-dealkylation sites (N-methyl/N-ethyl adjacent to an activating group) is 1. The zero-order chi connectivity index (χ0) is 15.2. The minimum absolute atomic E-state index is 0.114. The van der Waals surface area contributed by atoms with Crippen molar-refractivity contribution in [1.29, 1.82) is 0 Å². The zero-order valence-electron chi connectivity index (χ0n) is 12.9. The highest BCUT2D eigenvalue weighted by Gasteiger charge is 2.23. The zero-order valence-corrected chi connectivity index (χ0v) is 13.7. The van der Waals surface area contributed by atoms with Gasteiger partial charge in [-0.1, -0.05) is 49.6 Å². The Balaban J connectivity index is 1.80. The Kier molecular flexibility index (Phi) is 6.07. The Morgan fingerprint density at radius 3 is 2.76 bits per heavy atom. The quantitative estimate of drug-likeness (QED) is 0.903. The van der Waals surface area contributed by atoms with Crippen molar-refractivity contribution < 1.29 is 4.79 Å². The van der Waals surface area contributed by atoms with Gasteiger partial charge in [-0.25, -0.2) is 0 Å². The molecule has 1 saturated carbocycles. The van der Waals surface area contributed by atoms with Gasteiger partial charge in [0.1, 0.15) is 0 Å². The van der Waals surface area contributed by atoms with E-state index < -0.39 is 0 Å². The molecule has 1 aromatic carbocycles. The summed E-state index contributed by atoms with van der Waals surface area (Å²) in [5, 5.41) is 3.94. The van der Waals surface area contributed by atoms with E-state index in [1.54, 1.807) is 0 Å². The highest BCUT2D eigenvalue weighted by atomic mass is 35.5. The molecule has 116 valence electrons. The van der Waals surface area contributed by atoms with Crippen molar-refractivity contribution >= 4 is 17.5 Å². The molecule has 1 N–H and O–H groups in total. The third-order valence-electron chi connectivity index (χ3n) is 4.27. The van der Waals surface area contributed by atoms with Gasteiger partial charge in [-0.15, -0.1) is 0 Å². The van der Waals surface area contributed by atoms with Gasteiger partial charge in [0.15, 0.2) is 0 Å².